The second-order valence-corrected chi connectivity index (χ2v) is 8.70. The summed E-state index contributed by atoms with van der Waals surface area (Å²) in [5, 5.41) is 2.17. The van der Waals surface area contributed by atoms with Crippen molar-refractivity contribution in [2.24, 2.45) is 11.3 Å². The van der Waals surface area contributed by atoms with Crippen LogP contribution in [0, 0.1) is 11.3 Å². The number of rotatable bonds is 3. The number of hydrogen-bond donors (Lipinski definition) is 0. The van der Waals surface area contributed by atoms with Crippen molar-refractivity contribution in [3.63, 3.8) is 0 Å². The fourth-order valence-corrected chi connectivity index (χ4v) is 3.30. The molecular formula is C16H33NO. The molecule has 1 fully saturated rings. The van der Waals surface area contributed by atoms with Gasteiger partial charge >= 0.3 is 0 Å². The van der Waals surface area contributed by atoms with Crippen LogP contribution in [0.5, 0.6) is 0 Å². The van der Waals surface area contributed by atoms with Crippen LogP contribution in [0.4, 0.5) is 0 Å². The Hall–Kier alpha value is -0.0800. The molecule has 0 radical (unpaired) electrons. The Balaban J connectivity index is 2.54. The van der Waals surface area contributed by atoms with E-state index in [0.29, 0.717) is 5.41 Å². The zero-order valence-electron chi connectivity index (χ0n) is 13.8. The lowest BCUT2D eigenvalue weighted by Crippen LogP contribution is -2.52. The molecule has 0 bridgehead atoms. The maximum absolute atomic E-state index is 6.18. The molecule has 0 amide bonds. The van der Waals surface area contributed by atoms with Crippen molar-refractivity contribution >= 4 is 0 Å². The number of nitrogens with zero attached hydrogens (tertiary/aromatic N) is 1. The third-order valence-electron chi connectivity index (χ3n) is 3.73. The Kier molecular flexibility index (Phi) is 4.55. The molecule has 1 atom stereocenters. The quantitative estimate of drug-likeness (QED) is 0.681. The van der Waals surface area contributed by atoms with E-state index in [1.807, 2.05) is 0 Å². The maximum Gasteiger partial charge on any atom is 0.0714 e. The lowest BCUT2D eigenvalue weighted by Gasteiger charge is -2.44. The van der Waals surface area contributed by atoms with Crippen molar-refractivity contribution in [1.82, 2.24) is 5.06 Å². The SMILES string of the molecule is CC1(C)CCC(CON(C(C)(C)C)C(C)(C)C)C1. The summed E-state index contributed by atoms with van der Waals surface area (Å²) in [6.45, 7) is 18.9. The Morgan fingerprint density at radius 2 is 1.56 bits per heavy atom. The van der Waals surface area contributed by atoms with Gasteiger partial charge in [0.05, 0.1) is 6.61 Å². The molecule has 0 heterocycles. The molecule has 0 aromatic rings. The minimum Gasteiger partial charge on any atom is -0.298 e. The first-order chi connectivity index (χ1) is 7.92. The second kappa shape index (κ2) is 5.13. The zero-order valence-corrected chi connectivity index (χ0v) is 13.8. The van der Waals surface area contributed by atoms with Crippen LogP contribution in [-0.2, 0) is 4.84 Å². The van der Waals surface area contributed by atoms with Crippen LogP contribution in [0.25, 0.3) is 0 Å². The Labute approximate surface area is 114 Å². The van der Waals surface area contributed by atoms with Crippen LogP contribution >= 0.6 is 0 Å². The van der Waals surface area contributed by atoms with Gasteiger partial charge in [-0.15, -0.1) is 0 Å². The van der Waals surface area contributed by atoms with E-state index in [4.69, 9.17) is 4.84 Å². The van der Waals surface area contributed by atoms with Gasteiger partial charge in [0, 0.05) is 11.1 Å². The van der Waals surface area contributed by atoms with Crippen LogP contribution in [0.2, 0.25) is 0 Å². The predicted octanol–water partition coefficient (Wildman–Crippen LogP) is 4.64. The second-order valence-electron chi connectivity index (χ2n) is 8.70. The molecule has 0 aromatic heterocycles. The van der Waals surface area contributed by atoms with E-state index in [0.717, 1.165) is 12.5 Å². The highest BCUT2D eigenvalue weighted by atomic mass is 16.7. The Morgan fingerprint density at radius 3 is 1.89 bits per heavy atom. The highest BCUT2D eigenvalue weighted by Crippen LogP contribution is 2.41. The summed E-state index contributed by atoms with van der Waals surface area (Å²) in [5.74, 6) is 0.729. The van der Waals surface area contributed by atoms with Crippen molar-refractivity contribution < 1.29 is 4.84 Å². The van der Waals surface area contributed by atoms with Crippen LogP contribution in [0.1, 0.15) is 74.7 Å². The zero-order chi connectivity index (χ0) is 14.2. The summed E-state index contributed by atoms with van der Waals surface area (Å²) in [5.41, 5.74) is 0.612. The smallest absolute Gasteiger partial charge is 0.0714 e. The highest BCUT2D eigenvalue weighted by molar-refractivity contribution is 4.84. The van der Waals surface area contributed by atoms with Gasteiger partial charge in [0.2, 0.25) is 0 Å². The van der Waals surface area contributed by atoms with Crippen LogP contribution in [0.3, 0.4) is 0 Å². The van der Waals surface area contributed by atoms with E-state index in [1.54, 1.807) is 0 Å². The number of hydrogen-bond acceptors (Lipinski definition) is 2. The van der Waals surface area contributed by atoms with Gasteiger partial charge in [-0.3, -0.25) is 4.84 Å². The predicted molar refractivity (Wildman–Crippen MR) is 78.4 cm³/mol. The maximum atomic E-state index is 6.18. The van der Waals surface area contributed by atoms with Crippen LogP contribution in [-0.4, -0.2) is 22.7 Å². The molecule has 0 saturated heterocycles. The molecule has 1 unspecified atom stereocenters. The lowest BCUT2D eigenvalue weighted by atomic mass is 9.91. The van der Waals surface area contributed by atoms with Crippen molar-refractivity contribution in [2.75, 3.05) is 6.61 Å². The Bertz CT molecular complexity index is 256. The summed E-state index contributed by atoms with van der Waals surface area (Å²) in [6.07, 6.45) is 3.95. The average Bonchev–Trinajstić information content (AvgIpc) is 2.40. The molecule has 0 N–H and O–H groups in total. The molecule has 0 aliphatic heterocycles. The van der Waals surface area contributed by atoms with E-state index in [2.05, 4.69) is 60.5 Å². The Morgan fingerprint density at radius 1 is 1.06 bits per heavy atom. The van der Waals surface area contributed by atoms with Gasteiger partial charge < -0.3 is 0 Å². The van der Waals surface area contributed by atoms with Gasteiger partial charge in [-0.05, 0) is 72.1 Å². The van der Waals surface area contributed by atoms with Gasteiger partial charge in [-0.25, -0.2) is 0 Å². The lowest BCUT2D eigenvalue weighted by molar-refractivity contribution is -0.263. The fraction of sp³-hybridized carbons (Fsp3) is 1.00. The first-order valence-corrected chi connectivity index (χ1v) is 7.35. The summed E-state index contributed by atoms with van der Waals surface area (Å²) in [6, 6.07) is 0. The van der Waals surface area contributed by atoms with Gasteiger partial charge in [0.25, 0.3) is 0 Å². The van der Waals surface area contributed by atoms with Crippen molar-refractivity contribution in [3.8, 4) is 0 Å². The summed E-state index contributed by atoms with van der Waals surface area (Å²) in [4.78, 5) is 6.18. The molecule has 108 valence electrons. The first-order valence-electron chi connectivity index (χ1n) is 7.35. The molecule has 1 saturated carbocycles. The molecule has 2 heteroatoms. The first kappa shape index (κ1) is 16.0. The van der Waals surface area contributed by atoms with Crippen molar-refractivity contribution in [1.29, 1.82) is 0 Å². The monoisotopic (exact) mass is 255 g/mol. The van der Waals surface area contributed by atoms with E-state index in [-0.39, 0.29) is 11.1 Å². The van der Waals surface area contributed by atoms with Gasteiger partial charge in [0.1, 0.15) is 0 Å². The molecule has 18 heavy (non-hydrogen) atoms. The average molecular weight is 255 g/mol. The summed E-state index contributed by atoms with van der Waals surface area (Å²) in [7, 11) is 0. The molecule has 0 aromatic carbocycles. The van der Waals surface area contributed by atoms with Gasteiger partial charge in [-0.2, -0.15) is 5.06 Å². The van der Waals surface area contributed by atoms with Crippen LogP contribution < -0.4 is 0 Å². The van der Waals surface area contributed by atoms with Crippen molar-refractivity contribution in [3.05, 3.63) is 0 Å². The highest BCUT2D eigenvalue weighted by Gasteiger charge is 2.35. The molecule has 1 aliphatic carbocycles. The third kappa shape index (κ3) is 4.55. The van der Waals surface area contributed by atoms with E-state index < -0.39 is 0 Å². The summed E-state index contributed by atoms with van der Waals surface area (Å²) < 4.78 is 0. The largest absolute Gasteiger partial charge is 0.298 e. The van der Waals surface area contributed by atoms with Crippen LogP contribution in [0.15, 0.2) is 0 Å². The fourth-order valence-electron chi connectivity index (χ4n) is 3.30. The minimum absolute atomic E-state index is 0.0480. The number of hydroxylamine groups is 2. The summed E-state index contributed by atoms with van der Waals surface area (Å²) >= 11 is 0. The molecule has 1 aliphatic rings. The van der Waals surface area contributed by atoms with E-state index in [1.165, 1.54) is 19.3 Å². The third-order valence-corrected chi connectivity index (χ3v) is 3.73. The molecular weight excluding hydrogens is 222 g/mol. The standard InChI is InChI=1S/C16H33NO/c1-14(2,3)17(15(4,5)6)18-12-13-9-10-16(7,8)11-13/h13H,9-12H2,1-8H3. The van der Waals surface area contributed by atoms with E-state index in [9.17, 15) is 0 Å². The topological polar surface area (TPSA) is 12.5 Å². The molecule has 1 rings (SSSR count). The van der Waals surface area contributed by atoms with Crippen molar-refractivity contribution in [2.45, 2.75) is 85.7 Å². The van der Waals surface area contributed by atoms with Gasteiger partial charge in [0.15, 0.2) is 0 Å². The van der Waals surface area contributed by atoms with Gasteiger partial charge in [-0.1, -0.05) is 13.8 Å². The molecule has 2 nitrogen and oxygen atoms in total. The normalized spacial score (nSPS) is 24.8. The van der Waals surface area contributed by atoms with E-state index >= 15 is 0 Å². The minimum atomic E-state index is 0.0480. The molecule has 0 spiro atoms.